The highest BCUT2D eigenvalue weighted by Gasteiger charge is 2.11. The van der Waals surface area contributed by atoms with Crippen LogP contribution in [0.5, 0.6) is 0 Å². The molecular formula is C21H18N4O2S2. The Balaban J connectivity index is 1.31. The van der Waals surface area contributed by atoms with Gasteiger partial charge in [-0.15, -0.1) is 11.3 Å². The van der Waals surface area contributed by atoms with Gasteiger partial charge < -0.3 is 4.98 Å². The van der Waals surface area contributed by atoms with Crippen LogP contribution < -0.4 is 10.9 Å². The lowest BCUT2D eigenvalue weighted by Gasteiger charge is -2.07. The van der Waals surface area contributed by atoms with Gasteiger partial charge in [0, 0.05) is 16.2 Å². The first kappa shape index (κ1) is 19.2. The normalized spacial score (nSPS) is 10.8. The molecular weight excluding hydrogens is 404 g/mol. The van der Waals surface area contributed by atoms with Crippen molar-refractivity contribution in [3.8, 4) is 0 Å². The van der Waals surface area contributed by atoms with Gasteiger partial charge >= 0.3 is 0 Å². The number of aryl methyl sites for hydroxylation is 1. The largest absolute Gasteiger partial charge is 0.333 e. The van der Waals surface area contributed by atoms with Gasteiger partial charge in [-0.05, 0) is 48.9 Å². The summed E-state index contributed by atoms with van der Waals surface area (Å²) in [6, 6.07) is 18.8. The standard InChI is InChI=1S/C21H18N4O2S2/c1-13-6-11-18(29-13)20(27)25-24-19(26)15-9-7-14(8-10-15)12-28-21-22-16-4-2-3-5-17(16)23-21/h2-11H,12H2,1H3,(H,22,23)(H,24,26)(H,25,27). The van der Waals surface area contributed by atoms with Gasteiger partial charge in [0.15, 0.2) is 5.16 Å². The van der Waals surface area contributed by atoms with Crippen molar-refractivity contribution in [1.29, 1.82) is 0 Å². The Labute approximate surface area is 175 Å². The van der Waals surface area contributed by atoms with E-state index in [0.29, 0.717) is 10.4 Å². The smallest absolute Gasteiger partial charge is 0.279 e. The van der Waals surface area contributed by atoms with E-state index in [2.05, 4.69) is 20.8 Å². The summed E-state index contributed by atoms with van der Waals surface area (Å²) < 4.78 is 0. The number of carbonyl (C=O) groups is 2. The minimum absolute atomic E-state index is 0.324. The quantitative estimate of drug-likeness (QED) is 0.331. The molecule has 2 heterocycles. The summed E-state index contributed by atoms with van der Waals surface area (Å²) in [5.74, 6) is 0.0503. The fourth-order valence-electron chi connectivity index (χ4n) is 2.71. The Hall–Kier alpha value is -3.10. The molecule has 3 N–H and O–H groups in total. The molecule has 2 amide bonds. The predicted octanol–water partition coefficient (Wildman–Crippen LogP) is 4.30. The zero-order valence-corrected chi connectivity index (χ0v) is 17.2. The molecule has 146 valence electrons. The molecule has 2 aromatic carbocycles. The molecule has 0 saturated carbocycles. The zero-order chi connectivity index (χ0) is 20.2. The van der Waals surface area contributed by atoms with Gasteiger partial charge in [0.1, 0.15) is 0 Å². The van der Waals surface area contributed by atoms with Crippen LogP contribution in [0.3, 0.4) is 0 Å². The van der Waals surface area contributed by atoms with Crippen LogP contribution in [-0.2, 0) is 5.75 Å². The number of aromatic amines is 1. The van der Waals surface area contributed by atoms with Crippen LogP contribution in [0, 0.1) is 6.92 Å². The third-order valence-electron chi connectivity index (χ3n) is 4.21. The second-order valence-corrected chi connectivity index (χ2v) is 8.62. The van der Waals surface area contributed by atoms with Crippen molar-refractivity contribution in [2.45, 2.75) is 17.8 Å². The number of thiophene rings is 1. The number of aromatic nitrogens is 2. The van der Waals surface area contributed by atoms with Crippen LogP contribution in [0.2, 0.25) is 0 Å². The molecule has 0 unspecified atom stereocenters. The number of fused-ring (bicyclic) bond motifs is 1. The first-order chi connectivity index (χ1) is 14.1. The van der Waals surface area contributed by atoms with Gasteiger partial charge in [-0.25, -0.2) is 4.98 Å². The van der Waals surface area contributed by atoms with Crippen LogP contribution in [-0.4, -0.2) is 21.8 Å². The van der Waals surface area contributed by atoms with Crippen LogP contribution in [0.15, 0.2) is 65.8 Å². The monoisotopic (exact) mass is 422 g/mol. The Morgan fingerprint density at radius 1 is 1.00 bits per heavy atom. The highest BCUT2D eigenvalue weighted by molar-refractivity contribution is 7.98. The molecule has 6 nitrogen and oxygen atoms in total. The van der Waals surface area contributed by atoms with Crippen molar-refractivity contribution < 1.29 is 9.59 Å². The SMILES string of the molecule is Cc1ccc(C(=O)NNC(=O)c2ccc(CSc3nc4ccccc4[nH]3)cc2)s1. The minimum Gasteiger partial charge on any atom is -0.333 e. The van der Waals surface area contributed by atoms with Crippen LogP contribution >= 0.6 is 23.1 Å². The van der Waals surface area contributed by atoms with Crippen molar-refractivity contribution >= 4 is 45.9 Å². The molecule has 0 radical (unpaired) electrons. The number of rotatable bonds is 5. The number of hydrogen-bond acceptors (Lipinski definition) is 5. The maximum atomic E-state index is 12.2. The third-order valence-corrected chi connectivity index (χ3v) is 6.16. The molecule has 0 fully saturated rings. The van der Waals surface area contributed by atoms with E-state index >= 15 is 0 Å². The maximum absolute atomic E-state index is 12.2. The fourth-order valence-corrected chi connectivity index (χ4v) is 4.31. The Morgan fingerprint density at radius 2 is 1.76 bits per heavy atom. The van der Waals surface area contributed by atoms with Gasteiger partial charge in [0.2, 0.25) is 0 Å². The third kappa shape index (κ3) is 4.67. The summed E-state index contributed by atoms with van der Waals surface area (Å²) in [7, 11) is 0. The molecule has 29 heavy (non-hydrogen) atoms. The Kier molecular flexibility index (Phi) is 5.64. The van der Waals surface area contributed by atoms with E-state index in [4.69, 9.17) is 0 Å². The highest BCUT2D eigenvalue weighted by atomic mass is 32.2. The summed E-state index contributed by atoms with van der Waals surface area (Å²) in [4.78, 5) is 33.7. The van der Waals surface area contributed by atoms with Gasteiger partial charge in [-0.3, -0.25) is 20.4 Å². The van der Waals surface area contributed by atoms with E-state index in [1.807, 2.05) is 49.4 Å². The fraction of sp³-hybridized carbons (Fsp3) is 0.0952. The van der Waals surface area contributed by atoms with Crippen molar-refractivity contribution in [3.63, 3.8) is 0 Å². The predicted molar refractivity (Wildman–Crippen MR) is 116 cm³/mol. The van der Waals surface area contributed by atoms with Crippen molar-refractivity contribution in [2.75, 3.05) is 0 Å². The number of amides is 2. The molecule has 4 rings (SSSR count). The van der Waals surface area contributed by atoms with E-state index in [9.17, 15) is 9.59 Å². The average molecular weight is 423 g/mol. The lowest BCUT2D eigenvalue weighted by atomic mass is 10.1. The van der Waals surface area contributed by atoms with E-state index in [1.54, 1.807) is 30.0 Å². The van der Waals surface area contributed by atoms with E-state index < -0.39 is 0 Å². The number of carbonyl (C=O) groups excluding carboxylic acids is 2. The topological polar surface area (TPSA) is 86.9 Å². The van der Waals surface area contributed by atoms with Gasteiger partial charge in [-0.2, -0.15) is 0 Å². The summed E-state index contributed by atoms with van der Waals surface area (Å²) in [5, 5.41) is 0.861. The number of nitrogens with one attached hydrogen (secondary N) is 3. The molecule has 0 bridgehead atoms. The zero-order valence-electron chi connectivity index (χ0n) is 15.6. The number of hydrogen-bond donors (Lipinski definition) is 3. The summed E-state index contributed by atoms with van der Waals surface area (Å²) >= 11 is 2.98. The second-order valence-electron chi connectivity index (χ2n) is 6.36. The minimum atomic E-state index is -0.358. The molecule has 4 aromatic rings. The average Bonchev–Trinajstić information content (AvgIpc) is 3.36. The van der Waals surface area contributed by atoms with Gasteiger partial charge in [0.25, 0.3) is 11.8 Å². The summed E-state index contributed by atoms with van der Waals surface area (Å²) in [6.45, 7) is 1.92. The van der Waals surface area contributed by atoms with Crippen molar-refractivity contribution in [1.82, 2.24) is 20.8 Å². The van der Waals surface area contributed by atoms with E-state index in [1.165, 1.54) is 11.3 Å². The molecule has 0 aliphatic heterocycles. The van der Waals surface area contributed by atoms with Crippen molar-refractivity contribution in [2.24, 2.45) is 0 Å². The molecule has 2 aromatic heterocycles. The lowest BCUT2D eigenvalue weighted by molar-refractivity contribution is 0.0849. The Bertz CT molecular complexity index is 1130. The Morgan fingerprint density at radius 3 is 2.48 bits per heavy atom. The number of hydrazine groups is 1. The maximum Gasteiger partial charge on any atom is 0.279 e. The molecule has 0 spiro atoms. The lowest BCUT2D eigenvalue weighted by Crippen LogP contribution is -2.41. The molecule has 0 aliphatic carbocycles. The highest BCUT2D eigenvalue weighted by Crippen LogP contribution is 2.23. The van der Waals surface area contributed by atoms with Gasteiger partial charge in [0.05, 0.1) is 15.9 Å². The van der Waals surface area contributed by atoms with Crippen LogP contribution in [0.25, 0.3) is 11.0 Å². The number of imidazole rings is 1. The van der Waals surface area contributed by atoms with E-state index in [-0.39, 0.29) is 11.8 Å². The number of benzene rings is 2. The first-order valence-corrected chi connectivity index (χ1v) is 10.7. The number of H-pyrrole nitrogens is 1. The second kappa shape index (κ2) is 8.50. The molecule has 0 saturated heterocycles. The first-order valence-electron chi connectivity index (χ1n) is 8.92. The van der Waals surface area contributed by atoms with Crippen LogP contribution in [0.1, 0.15) is 30.5 Å². The molecule has 0 aliphatic rings. The van der Waals surface area contributed by atoms with Crippen LogP contribution in [0.4, 0.5) is 0 Å². The number of para-hydroxylation sites is 2. The summed E-state index contributed by atoms with van der Waals surface area (Å²) in [5.41, 5.74) is 8.40. The number of nitrogens with zero attached hydrogens (tertiary/aromatic N) is 1. The van der Waals surface area contributed by atoms with Gasteiger partial charge in [-0.1, -0.05) is 36.0 Å². The number of thioether (sulfide) groups is 1. The summed E-state index contributed by atoms with van der Waals surface area (Å²) in [6.07, 6.45) is 0. The molecule has 8 heteroatoms. The molecule has 0 atom stereocenters. The van der Waals surface area contributed by atoms with E-state index in [0.717, 1.165) is 32.4 Å². The van der Waals surface area contributed by atoms with Crippen molar-refractivity contribution in [3.05, 3.63) is 81.5 Å².